The Kier molecular flexibility index (Phi) is 4.78. The van der Waals surface area contributed by atoms with E-state index < -0.39 is 30.1 Å². The minimum absolute atomic E-state index is 0.0998. The van der Waals surface area contributed by atoms with Crippen molar-refractivity contribution >= 4 is 18.9 Å². The molecule has 1 aromatic rings. The van der Waals surface area contributed by atoms with E-state index in [2.05, 4.69) is 0 Å². The molecule has 132 valence electrons. The van der Waals surface area contributed by atoms with Crippen LogP contribution in [0, 0.1) is 0 Å². The Labute approximate surface area is 140 Å². The van der Waals surface area contributed by atoms with Gasteiger partial charge in [-0.15, -0.1) is 0 Å². The Hall–Kier alpha value is -1.51. The first-order valence-electron chi connectivity index (χ1n) is 7.60. The standard InChI is InChI=1S/C16H22BF3N2O2/c1-14(2)15(3,4)24-17(23-14)11(9-21)7-10-5-6-13(22)12(8-10)16(18,19)20/h5-8H,9,21-22H2,1-4H3. The zero-order chi connectivity index (χ0) is 18.3. The molecule has 1 aromatic carbocycles. The first-order valence-corrected chi connectivity index (χ1v) is 7.60. The molecular formula is C16H22BF3N2O2. The van der Waals surface area contributed by atoms with Crippen molar-refractivity contribution in [3.63, 3.8) is 0 Å². The van der Waals surface area contributed by atoms with Crippen LogP contribution in [0.4, 0.5) is 18.9 Å². The Bertz CT molecular complexity index is 641. The van der Waals surface area contributed by atoms with Crippen LogP contribution >= 0.6 is 0 Å². The molecule has 0 amide bonds. The largest absolute Gasteiger partial charge is 0.491 e. The van der Waals surface area contributed by atoms with Crippen LogP contribution in [-0.4, -0.2) is 24.9 Å². The fourth-order valence-corrected chi connectivity index (χ4v) is 2.34. The second kappa shape index (κ2) is 6.09. The van der Waals surface area contributed by atoms with E-state index >= 15 is 0 Å². The molecule has 1 heterocycles. The first-order chi connectivity index (χ1) is 10.9. The lowest BCUT2D eigenvalue weighted by Gasteiger charge is -2.32. The summed E-state index contributed by atoms with van der Waals surface area (Å²) in [5.41, 5.74) is 9.78. The zero-order valence-electron chi connectivity index (χ0n) is 14.2. The SMILES string of the molecule is CC1(C)OB(C(=Cc2ccc(N)c(C(F)(F)F)c2)CN)OC1(C)C. The minimum Gasteiger partial charge on any atom is -0.400 e. The van der Waals surface area contributed by atoms with Gasteiger partial charge in [0.05, 0.1) is 16.8 Å². The van der Waals surface area contributed by atoms with Crippen LogP contribution in [0.2, 0.25) is 0 Å². The Balaban J connectivity index is 2.36. The van der Waals surface area contributed by atoms with E-state index in [9.17, 15) is 13.2 Å². The monoisotopic (exact) mass is 342 g/mol. The molecule has 0 radical (unpaired) electrons. The van der Waals surface area contributed by atoms with E-state index in [0.29, 0.717) is 11.0 Å². The van der Waals surface area contributed by atoms with Gasteiger partial charge in [0.1, 0.15) is 0 Å². The van der Waals surface area contributed by atoms with Crippen LogP contribution in [0.15, 0.2) is 23.7 Å². The van der Waals surface area contributed by atoms with Crippen molar-refractivity contribution in [2.75, 3.05) is 12.3 Å². The number of rotatable bonds is 3. The van der Waals surface area contributed by atoms with Crippen molar-refractivity contribution in [3.8, 4) is 0 Å². The number of nitrogen functional groups attached to an aromatic ring is 1. The average molecular weight is 342 g/mol. The van der Waals surface area contributed by atoms with E-state index in [1.165, 1.54) is 12.1 Å². The summed E-state index contributed by atoms with van der Waals surface area (Å²) >= 11 is 0. The van der Waals surface area contributed by atoms with Gasteiger partial charge in [-0.25, -0.2) is 0 Å². The van der Waals surface area contributed by atoms with Gasteiger partial charge in [-0.2, -0.15) is 13.2 Å². The highest BCUT2D eigenvalue weighted by molar-refractivity contribution is 6.55. The third kappa shape index (κ3) is 3.60. The molecule has 0 bridgehead atoms. The van der Waals surface area contributed by atoms with Crippen LogP contribution in [-0.2, 0) is 15.5 Å². The lowest BCUT2D eigenvalue weighted by molar-refractivity contribution is -0.136. The quantitative estimate of drug-likeness (QED) is 0.653. The van der Waals surface area contributed by atoms with Gasteiger partial charge < -0.3 is 20.8 Å². The molecule has 0 saturated carbocycles. The topological polar surface area (TPSA) is 70.5 Å². The second-order valence-electron chi connectivity index (χ2n) is 6.86. The second-order valence-corrected chi connectivity index (χ2v) is 6.86. The molecule has 4 nitrogen and oxygen atoms in total. The summed E-state index contributed by atoms with van der Waals surface area (Å²) < 4.78 is 50.7. The van der Waals surface area contributed by atoms with Crippen LogP contribution in [0.1, 0.15) is 38.8 Å². The lowest BCUT2D eigenvalue weighted by atomic mass is 9.77. The van der Waals surface area contributed by atoms with Crippen molar-refractivity contribution in [3.05, 3.63) is 34.8 Å². The Morgan fingerprint density at radius 1 is 1.17 bits per heavy atom. The predicted molar refractivity (Wildman–Crippen MR) is 89.0 cm³/mol. The maximum atomic E-state index is 13.0. The number of benzene rings is 1. The molecule has 0 spiro atoms. The summed E-state index contributed by atoms with van der Waals surface area (Å²) in [4.78, 5) is 0. The molecule has 0 aliphatic carbocycles. The number of hydrogen-bond acceptors (Lipinski definition) is 4. The van der Waals surface area contributed by atoms with Gasteiger partial charge in [-0.05, 0) is 50.9 Å². The summed E-state index contributed by atoms with van der Waals surface area (Å²) in [5, 5.41) is 0. The normalized spacial score (nSPS) is 20.5. The van der Waals surface area contributed by atoms with Crippen LogP contribution in [0.3, 0.4) is 0 Å². The average Bonchev–Trinajstić information content (AvgIpc) is 2.65. The maximum absolute atomic E-state index is 13.0. The van der Waals surface area contributed by atoms with Crippen molar-refractivity contribution < 1.29 is 22.5 Å². The minimum atomic E-state index is -4.51. The summed E-state index contributed by atoms with van der Waals surface area (Å²) in [5.74, 6) is 0. The Morgan fingerprint density at radius 2 is 1.71 bits per heavy atom. The van der Waals surface area contributed by atoms with Gasteiger partial charge in [-0.3, -0.25) is 0 Å². The lowest BCUT2D eigenvalue weighted by Crippen LogP contribution is -2.41. The fraction of sp³-hybridized carbons (Fsp3) is 0.500. The summed E-state index contributed by atoms with van der Waals surface area (Å²) in [6, 6.07) is 3.73. The summed E-state index contributed by atoms with van der Waals surface area (Å²) in [6.07, 6.45) is -2.96. The van der Waals surface area contributed by atoms with E-state index in [4.69, 9.17) is 20.8 Å². The molecule has 0 aromatic heterocycles. The van der Waals surface area contributed by atoms with Gasteiger partial charge in [0, 0.05) is 12.2 Å². The molecule has 8 heteroatoms. The van der Waals surface area contributed by atoms with Crippen molar-refractivity contribution in [2.24, 2.45) is 5.73 Å². The summed E-state index contributed by atoms with van der Waals surface area (Å²) in [7, 11) is -0.702. The van der Waals surface area contributed by atoms with Gasteiger partial charge in [-0.1, -0.05) is 12.1 Å². The maximum Gasteiger partial charge on any atom is 0.491 e. The number of nitrogens with two attached hydrogens (primary N) is 2. The van der Waals surface area contributed by atoms with E-state index in [-0.39, 0.29) is 12.2 Å². The number of halogens is 3. The molecule has 0 unspecified atom stereocenters. The van der Waals surface area contributed by atoms with Crippen LogP contribution < -0.4 is 11.5 Å². The molecular weight excluding hydrogens is 320 g/mol. The molecule has 4 N–H and O–H groups in total. The van der Waals surface area contributed by atoms with Crippen LogP contribution in [0.5, 0.6) is 0 Å². The summed E-state index contributed by atoms with van der Waals surface area (Å²) in [6.45, 7) is 7.68. The highest BCUT2D eigenvalue weighted by Gasteiger charge is 2.52. The molecule has 1 aliphatic rings. The highest BCUT2D eigenvalue weighted by Crippen LogP contribution is 2.39. The van der Waals surface area contributed by atoms with Gasteiger partial charge in [0.2, 0.25) is 0 Å². The van der Waals surface area contributed by atoms with E-state index in [1.54, 1.807) is 6.08 Å². The van der Waals surface area contributed by atoms with Crippen molar-refractivity contribution in [1.82, 2.24) is 0 Å². The first kappa shape index (κ1) is 18.8. The number of anilines is 1. The van der Waals surface area contributed by atoms with E-state index in [1.807, 2.05) is 27.7 Å². The third-order valence-electron chi connectivity index (χ3n) is 4.53. The predicted octanol–water partition coefficient (Wildman–Crippen LogP) is 3.26. The molecule has 1 aliphatic heterocycles. The Morgan fingerprint density at radius 3 is 2.17 bits per heavy atom. The molecule has 24 heavy (non-hydrogen) atoms. The van der Waals surface area contributed by atoms with Crippen LogP contribution in [0.25, 0.3) is 6.08 Å². The molecule has 1 saturated heterocycles. The number of hydrogen-bond donors (Lipinski definition) is 2. The fourth-order valence-electron chi connectivity index (χ4n) is 2.34. The van der Waals surface area contributed by atoms with Crippen molar-refractivity contribution in [2.45, 2.75) is 45.1 Å². The van der Waals surface area contributed by atoms with E-state index in [0.717, 1.165) is 6.07 Å². The molecule has 1 fully saturated rings. The van der Waals surface area contributed by atoms with Crippen molar-refractivity contribution in [1.29, 1.82) is 0 Å². The van der Waals surface area contributed by atoms with Gasteiger partial charge in [0.25, 0.3) is 0 Å². The third-order valence-corrected chi connectivity index (χ3v) is 4.53. The van der Waals surface area contributed by atoms with Gasteiger partial charge in [0.15, 0.2) is 0 Å². The number of alkyl halides is 3. The zero-order valence-corrected chi connectivity index (χ0v) is 14.2. The smallest absolute Gasteiger partial charge is 0.400 e. The highest BCUT2D eigenvalue weighted by atomic mass is 19.4. The van der Waals surface area contributed by atoms with Gasteiger partial charge >= 0.3 is 13.3 Å². The molecule has 2 rings (SSSR count). The molecule has 0 atom stereocenters.